The van der Waals surface area contributed by atoms with E-state index in [9.17, 15) is 14.9 Å². The van der Waals surface area contributed by atoms with Gasteiger partial charge in [-0.25, -0.2) is 4.79 Å². The molecule has 0 aliphatic heterocycles. The van der Waals surface area contributed by atoms with Crippen molar-refractivity contribution in [2.45, 2.75) is 26.2 Å². The van der Waals surface area contributed by atoms with Crippen LogP contribution in [0.2, 0.25) is 0 Å². The second kappa shape index (κ2) is 9.46. The number of rotatable bonds is 7. The van der Waals surface area contributed by atoms with E-state index in [-0.39, 0.29) is 5.57 Å². The maximum Gasteiger partial charge on any atom is 0.341 e. The lowest BCUT2D eigenvalue weighted by Gasteiger charge is -2.10. The minimum absolute atomic E-state index is 0.0920. The highest BCUT2D eigenvalue weighted by Gasteiger charge is 2.28. The van der Waals surface area contributed by atoms with Crippen molar-refractivity contribution in [2.75, 3.05) is 26.1 Å². The molecular weight excluding hydrogens is 404 g/mol. The SMILES string of the molecule is CCOc1ccc(/C=C(\C#N)C(=O)Nc2sc3c(c2C(=O)OC)CCC3)cc1OC. The summed E-state index contributed by atoms with van der Waals surface area (Å²) in [5, 5.41) is 12.7. The van der Waals surface area contributed by atoms with E-state index in [0.717, 1.165) is 29.7 Å². The van der Waals surface area contributed by atoms with Crippen LogP contribution < -0.4 is 14.8 Å². The molecule has 0 atom stereocenters. The van der Waals surface area contributed by atoms with Crippen LogP contribution in [0.15, 0.2) is 23.8 Å². The Morgan fingerprint density at radius 3 is 2.73 bits per heavy atom. The Hall–Kier alpha value is -3.31. The zero-order valence-corrected chi connectivity index (χ0v) is 17.9. The van der Waals surface area contributed by atoms with Gasteiger partial charge in [-0.15, -0.1) is 11.3 Å². The van der Waals surface area contributed by atoms with Gasteiger partial charge >= 0.3 is 5.97 Å². The summed E-state index contributed by atoms with van der Waals surface area (Å²) >= 11 is 1.36. The molecular formula is C22H22N2O5S. The third-order valence-corrected chi connectivity index (χ3v) is 5.91. The van der Waals surface area contributed by atoms with E-state index < -0.39 is 11.9 Å². The van der Waals surface area contributed by atoms with Crippen LogP contribution in [0.5, 0.6) is 11.5 Å². The Bertz CT molecular complexity index is 1050. The van der Waals surface area contributed by atoms with E-state index >= 15 is 0 Å². The summed E-state index contributed by atoms with van der Waals surface area (Å²) in [6, 6.07) is 7.07. The molecule has 2 aromatic rings. The Kier molecular flexibility index (Phi) is 6.75. The van der Waals surface area contributed by atoms with Gasteiger partial charge in [0.15, 0.2) is 11.5 Å². The molecule has 1 aliphatic carbocycles. The number of carbonyl (C=O) groups excluding carboxylic acids is 2. The van der Waals surface area contributed by atoms with Gasteiger partial charge in [0.1, 0.15) is 16.6 Å². The van der Waals surface area contributed by atoms with Crippen molar-refractivity contribution in [3.05, 3.63) is 45.3 Å². The first-order valence-electron chi connectivity index (χ1n) is 9.49. The number of esters is 1. The first-order valence-corrected chi connectivity index (χ1v) is 10.3. The summed E-state index contributed by atoms with van der Waals surface area (Å²) in [5.74, 6) is 0.0146. The quantitative estimate of drug-likeness (QED) is 0.409. The van der Waals surface area contributed by atoms with Crippen molar-refractivity contribution in [3.8, 4) is 17.6 Å². The van der Waals surface area contributed by atoms with Crippen LogP contribution in [0.1, 0.15) is 39.7 Å². The first-order chi connectivity index (χ1) is 14.5. The van der Waals surface area contributed by atoms with E-state index in [1.165, 1.54) is 31.6 Å². The maximum atomic E-state index is 12.8. The molecule has 0 saturated heterocycles. The number of thiophene rings is 1. The number of nitrogens with one attached hydrogen (secondary N) is 1. The predicted molar refractivity (Wildman–Crippen MR) is 114 cm³/mol. The monoisotopic (exact) mass is 426 g/mol. The van der Waals surface area contributed by atoms with Gasteiger partial charge in [0.05, 0.1) is 26.4 Å². The molecule has 7 nitrogen and oxygen atoms in total. The molecule has 0 saturated carbocycles. The molecule has 1 heterocycles. The molecule has 1 aliphatic rings. The van der Waals surface area contributed by atoms with Crippen molar-refractivity contribution >= 4 is 34.3 Å². The molecule has 0 fully saturated rings. The fraction of sp³-hybridized carbons (Fsp3) is 0.318. The summed E-state index contributed by atoms with van der Waals surface area (Å²) in [6.45, 7) is 2.36. The van der Waals surface area contributed by atoms with E-state index in [1.54, 1.807) is 18.2 Å². The zero-order chi connectivity index (χ0) is 21.7. The number of aryl methyl sites for hydroxylation is 1. The van der Waals surface area contributed by atoms with Gasteiger partial charge in [-0.1, -0.05) is 6.07 Å². The molecule has 8 heteroatoms. The highest BCUT2D eigenvalue weighted by molar-refractivity contribution is 7.17. The summed E-state index contributed by atoms with van der Waals surface area (Å²) in [5.41, 5.74) is 1.85. The number of methoxy groups -OCH3 is 2. The lowest BCUT2D eigenvalue weighted by molar-refractivity contribution is -0.112. The van der Waals surface area contributed by atoms with Crippen LogP contribution >= 0.6 is 11.3 Å². The van der Waals surface area contributed by atoms with Gasteiger partial charge in [0, 0.05) is 4.88 Å². The number of nitrogens with zero attached hydrogens (tertiary/aromatic N) is 1. The fourth-order valence-electron chi connectivity index (χ4n) is 3.34. The third-order valence-electron chi connectivity index (χ3n) is 4.70. The average molecular weight is 426 g/mol. The molecule has 1 amide bonds. The maximum absolute atomic E-state index is 12.8. The number of carbonyl (C=O) groups is 2. The van der Waals surface area contributed by atoms with E-state index in [4.69, 9.17) is 14.2 Å². The fourth-order valence-corrected chi connectivity index (χ4v) is 4.62. The van der Waals surface area contributed by atoms with Crippen LogP contribution in [-0.2, 0) is 22.4 Å². The lowest BCUT2D eigenvalue weighted by Crippen LogP contribution is -2.15. The molecule has 1 N–H and O–H groups in total. The van der Waals surface area contributed by atoms with Crippen molar-refractivity contribution in [3.63, 3.8) is 0 Å². The van der Waals surface area contributed by atoms with Gasteiger partial charge in [0.25, 0.3) is 5.91 Å². The third kappa shape index (κ3) is 4.31. The van der Waals surface area contributed by atoms with Gasteiger partial charge in [-0.2, -0.15) is 5.26 Å². The van der Waals surface area contributed by atoms with E-state index in [0.29, 0.717) is 34.2 Å². The van der Waals surface area contributed by atoms with Crippen LogP contribution in [0.3, 0.4) is 0 Å². The molecule has 0 spiro atoms. The van der Waals surface area contributed by atoms with Crippen LogP contribution in [-0.4, -0.2) is 32.7 Å². The van der Waals surface area contributed by atoms with Gasteiger partial charge in [0.2, 0.25) is 0 Å². The van der Waals surface area contributed by atoms with Crippen LogP contribution in [0.25, 0.3) is 6.08 Å². The number of hydrogen-bond acceptors (Lipinski definition) is 7. The smallest absolute Gasteiger partial charge is 0.341 e. The second-order valence-electron chi connectivity index (χ2n) is 6.52. The molecule has 1 aromatic heterocycles. The lowest BCUT2D eigenvalue weighted by atomic mass is 10.1. The van der Waals surface area contributed by atoms with Gasteiger partial charge in [-0.05, 0) is 55.5 Å². The van der Waals surface area contributed by atoms with Crippen LogP contribution in [0, 0.1) is 11.3 Å². The Morgan fingerprint density at radius 2 is 2.07 bits per heavy atom. The molecule has 30 heavy (non-hydrogen) atoms. The van der Waals surface area contributed by atoms with Crippen molar-refractivity contribution in [1.29, 1.82) is 5.26 Å². The summed E-state index contributed by atoms with van der Waals surface area (Å²) in [4.78, 5) is 26.1. The Balaban J connectivity index is 1.88. The summed E-state index contributed by atoms with van der Waals surface area (Å²) in [7, 11) is 2.83. The van der Waals surface area contributed by atoms with Gasteiger partial charge < -0.3 is 19.5 Å². The minimum atomic E-state index is -0.588. The van der Waals surface area contributed by atoms with Gasteiger partial charge in [-0.3, -0.25) is 4.79 Å². The number of anilines is 1. The van der Waals surface area contributed by atoms with Crippen molar-refractivity contribution in [1.82, 2.24) is 0 Å². The Morgan fingerprint density at radius 1 is 1.27 bits per heavy atom. The average Bonchev–Trinajstić information content (AvgIpc) is 3.33. The molecule has 3 rings (SSSR count). The Labute approximate surface area is 178 Å². The van der Waals surface area contributed by atoms with Crippen molar-refractivity contribution in [2.24, 2.45) is 0 Å². The normalized spacial score (nSPS) is 12.7. The van der Waals surface area contributed by atoms with Crippen molar-refractivity contribution < 1.29 is 23.8 Å². The molecule has 0 unspecified atom stereocenters. The van der Waals surface area contributed by atoms with E-state index in [2.05, 4.69) is 5.32 Å². The number of nitriles is 1. The number of amides is 1. The topological polar surface area (TPSA) is 97.7 Å². The largest absolute Gasteiger partial charge is 0.493 e. The molecule has 156 valence electrons. The first kappa shape index (κ1) is 21.4. The molecule has 0 radical (unpaired) electrons. The molecule has 1 aromatic carbocycles. The summed E-state index contributed by atoms with van der Waals surface area (Å²) in [6.07, 6.45) is 4.08. The van der Waals surface area contributed by atoms with Crippen LogP contribution in [0.4, 0.5) is 5.00 Å². The highest BCUT2D eigenvalue weighted by atomic mass is 32.1. The second-order valence-corrected chi connectivity index (χ2v) is 7.63. The minimum Gasteiger partial charge on any atom is -0.493 e. The number of benzene rings is 1. The van der Waals surface area contributed by atoms with E-state index in [1.807, 2.05) is 13.0 Å². The number of fused-ring (bicyclic) bond motifs is 1. The standard InChI is InChI=1S/C22H22N2O5S/c1-4-29-16-9-8-13(11-17(16)27-2)10-14(12-23)20(25)24-21-19(22(26)28-3)15-6-5-7-18(15)30-21/h8-11H,4-7H2,1-3H3,(H,24,25)/b14-10+. The summed E-state index contributed by atoms with van der Waals surface area (Å²) < 4.78 is 15.7. The highest BCUT2D eigenvalue weighted by Crippen LogP contribution is 2.39. The predicted octanol–water partition coefficient (Wildman–Crippen LogP) is 3.98. The number of ether oxygens (including phenoxy) is 3. The number of hydrogen-bond donors (Lipinski definition) is 1. The molecule has 0 bridgehead atoms. The zero-order valence-electron chi connectivity index (χ0n) is 17.0.